The molecule has 0 spiro atoms. The van der Waals surface area contributed by atoms with E-state index in [0.29, 0.717) is 5.92 Å². The van der Waals surface area contributed by atoms with Gasteiger partial charge in [0.1, 0.15) is 5.82 Å². The highest BCUT2D eigenvalue weighted by Gasteiger charge is 2.17. The fourth-order valence-electron chi connectivity index (χ4n) is 2.81. The van der Waals surface area contributed by atoms with E-state index >= 15 is 0 Å². The van der Waals surface area contributed by atoms with Crippen molar-refractivity contribution in [1.82, 2.24) is 5.32 Å². The van der Waals surface area contributed by atoms with Crippen molar-refractivity contribution in [2.75, 3.05) is 13.6 Å². The van der Waals surface area contributed by atoms with Gasteiger partial charge in [0, 0.05) is 6.54 Å². The third-order valence-corrected chi connectivity index (χ3v) is 4.10. The number of likely N-dealkylation sites (N-methyl/N-ethyl adjacent to an activating group) is 1. The minimum absolute atomic E-state index is 0.196. The van der Waals surface area contributed by atoms with E-state index in [9.17, 15) is 4.39 Å². The van der Waals surface area contributed by atoms with Gasteiger partial charge < -0.3 is 5.32 Å². The summed E-state index contributed by atoms with van der Waals surface area (Å²) in [5.74, 6) is 0.302. The molecule has 1 aliphatic rings. The van der Waals surface area contributed by atoms with Gasteiger partial charge in [0.25, 0.3) is 0 Å². The van der Waals surface area contributed by atoms with Crippen molar-refractivity contribution < 1.29 is 4.39 Å². The third-order valence-electron chi connectivity index (χ3n) is 3.81. The molecule has 19 heavy (non-hydrogen) atoms. The smallest absolute Gasteiger partial charge is 0.141 e. The molecule has 1 aliphatic carbocycles. The highest BCUT2D eigenvalue weighted by atomic mass is 35.5. The van der Waals surface area contributed by atoms with Crippen molar-refractivity contribution in [3.8, 4) is 0 Å². The van der Waals surface area contributed by atoms with Crippen molar-refractivity contribution in [1.29, 1.82) is 0 Å². The van der Waals surface area contributed by atoms with Crippen molar-refractivity contribution in [2.45, 2.75) is 32.1 Å². The maximum Gasteiger partial charge on any atom is 0.141 e. The monoisotopic (exact) mass is 281 g/mol. The maximum atomic E-state index is 13.2. The topological polar surface area (TPSA) is 12.0 Å². The Balaban J connectivity index is 2.20. The van der Waals surface area contributed by atoms with Gasteiger partial charge in [0.2, 0.25) is 0 Å². The zero-order chi connectivity index (χ0) is 13.7. The lowest BCUT2D eigenvalue weighted by Gasteiger charge is -2.24. The molecule has 0 atom stereocenters. The van der Waals surface area contributed by atoms with E-state index < -0.39 is 0 Å². The van der Waals surface area contributed by atoms with Crippen LogP contribution < -0.4 is 5.32 Å². The van der Waals surface area contributed by atoms with Crippen LogP contribution in [-0.2, 0) is 0 Å². The van der Waals surface area contributed by atoms with Crippen LogP contribution in [0.2, 0.25) is 5.02 Å². The first-order chi connectivity index (χ1) is 9.20. The van der Waals surface area contributed by atoms with E-state index in [0.717, 1.165) is 12.1 Å². The zero-order valence-corrected chi connectivity index (χ0v) is 12.1. The standard InChI is InChI=1S/C16H21ClFN/c1-19-11-14(13-5-3-2-4-6-13)9-12-7-8-16(18)15(17)10-12/h7-10,13,19H,2-6,11H2,1H3/b14-9-. The van der Waals surface area contributed by atoms with Crippen LogP contribution >= 0.6 is 11.6 Å². The molecule has 0 amide bonds. The number of hydrogen-bond donors (Lipinski definition) is 1. The van der Waals surface area contributed by atoms with E-state index in [1.165, 1.54) is 43.7 Å². The molecule has 0 aliphatic heterocycles. The predicted molar refractivity (Wildman–Crippen MR) is 79.9 cm³/mol. The summed E-state index contributed by atoms with van der Waals surface area (Å²) < 4.78 is 13.2. The Hall–Kier alpha value is -0.860. The molecule has 1 saturated carbocycles. The Kier molecular flexibility index (Phi) is 5.41. The summed E-state index contributed by atoms with van der Waals surface area (Å²) in [6.07, 6.45) is 8.68. The van der Waals surface area contributed by atoms with Crippen LogP contribution in [0.15, 0.2) is 23.8 Å². The largest absolute Gasteiger partial charge is 0.316 e. The summed E-state index contributed by atoms with van der Waals surface area (Å²) in [7, 11) is 1.97. The number of nitrogens with one attached hydrogen (secondary N) is 1. The normalized spacial score (nSPS) is 17.7. The van der Waals surface area contributed by atoms with Gasteiger partial charge >= 0.3 is 0 Å². The van der Waals surface area contributed by atoms with Crippen molar-refractivity contribution in [2.24, 2.45) is 5.92 Å². The molecule has 0 saturated heterocycles. The molecule has 0 radical (unpaired) electrons. The Morgan fingerprint density at radius 3 is 2.74 bits per heavy atom. The minimum Gasteiger partial charge on any atom is -0.316 e. The Morgan fingerprint density at radius 1 is 1.37 bits per heavy atom. The third kappa shape index (κ3) is 4.05. The van der Waals surface area contributed by atoms with Gasteiger partial charge in [0.15, 0.2) is 0 Å². The Bertz CT molecular complexity index is 450. The molecule has 1 aromatic rings. The first-order valence-electron chi connectivity index (χ1n) is 7.01. The van der Waals surface area contributed by atoms with Gasteiger partial charge in [-0.1, -0.05) is 48.6 Å². The second-order valence-corrected chi connectivity index (χ2v) is 5.67. The van der Waals surface area contributed by atoms with Gasteiger partial charge in [-0.3, -0.25) is 0 Å². The quantitative estimate of drug-likeness (QED) is 0.846. The highest BCUT2D eigenvalue weighted by Crippen LogP contribution is 2.31. The number of halogens is 2. The second-order valence-electron chi connectivity index (χ2n) is 5.26. The molecule has 0 bridgehead atoms. The minimum atomic E-state index is -0.355. The van der Waals surface area contributed by atoms with E-state index in [4.69, 9.17) is 11.6 Å². The van der Waals surface area contributed by atoms with Gasteiger partial charge in [-0.2, -0.15) is 0 Å². The Labute approximate surface area is 119 Å². The van der Waals surface area contributed by atoms with Crippen LogP contribution in [0.25, 0.3) is 6.08 Å². The molecular formula is C16H21ClFN. The van der Waals surface area contributed by atoms with Gasteiger partial charge in [-0.15, -0.1) is 0 Å². The number of benzene rings is 1. The molecule has 0 heterocycles. The molecule has 0 unspecified atom stereocenters. The lowest BCUT2D eigenvalue weighted by atomic mass is 9.83. The highest BCUT2D eigenvalue weighted by molar-refractivity contribution is 6.30. The molecule has 1 aromatic carbocycles. The van der Waals surface area contributed by atoms with Gasteiger partial charge in [0.05, 0.1) is 5.02 Å². The lowest BCUT2D eigenvalue weighted by molar-refractivity contribution is 0.398. The summed E-state index contributed by atoms with van der Waals surface area (Å²) in [6, 6.07) is 4.93. The van der Waals surface area contributed by atoms with E-state index in [2.05, 4.69) is 11.4 Å². The first kappa shape index (κ1) is 14.5. The predicted octanol–water partition coefficient (Wildman–Crippen LogP) is 4.66. The fourth-order valence-corrected chi connectivity index (χ4v) is 3.00. The van der Waals surface area contributed by atoms with E-state index in [-0.39, 0.29) is 10.8 Å². The van der Waals surface area contributed by atoms with Gasteiger partial charge in [-0.25, -0.2) is 4.39 Å². The van der Waals surface area contributed by atoms with Crippen LogP contribution in [0, 0.1) is 11.7 Å². The van der Waals surface area contributed by atoms with Crippen LogP contribution in [0.3, 0.4) is 0 Å². The number of hydrogen-bond acceptors (Lipinski definition) is 1. The number of rotatable bonds is 4. The van der Waals surface area contributed by atoms with Crippen LogP contribution in [-0.4, -0.2) is 13.6 Å². The molecule has 0 aromatic heterocycles. The molecule has 1 N–H and O–H groups in total. The van der Waals surface area contributed by atoms with Crippen molar-refractivity contribution in [3.05, 3.63) is 40.2 Å². The Morgan fingerprint density at radius 2 is 2.11 bits per heavy atom. The summed E-state index contributed by atoms with van der Waals surface area (Å²) in [4.78, 5) is 0. The van der Waals surface area contributed by atoms with Gasteiger partial charge in [-0.05, 0) is 43.5 Å². The summed E-state index contributed by atoms with van der Waals surface area (Å²) >= 11 is 5.84. The second kappa shape index (κ2) is 7.06. The van der Waals surface area contributed by atoms with E-state index in [1.54, 1.807) is 12.1 Å². The van der Waals surface area contributed by atoms with Crippen molar-refractivity contribution in [3.63, 3.8) is 0 Å². The maximum absolute atomic E-state index is 13.2. The average molecular weight is 282 g/mol. The molecule has 104 valence electrons. The summed E-state index contributed by atoms with van der Waals surface area (Å²) in [5, 5.41) is 3.43. The lowest BCUT2D eigenvalue weighted by Crippen LogP contribution is -2.19. The van der Waals surface area contributed by atoms with Crippen molar-refractivity contribution >= 4 is 17.7 Å². The molecule has 3 heteroatoms. The van der Waals surface area contributed by atoms with Crippen LogP contribution in [0.4, 0.5) is 4.39 Å². The molecule has 2 rings (SSSR count). The first-order valence-corrected chi connectivity index (χ1v) is 7.38. The van der Waals surface area contributed by atoms with Crippen LogP contribution in [0.1, 0.15) is 37.7 Å². The molecule has 1 nitrogen and oxygen atoms in total. The summed E-state index contributed by atoms with van der Waals surface area (Å²) in [6.45, 7) is 0.889. The van der Waals surface area contributed by atoms with E-state index in [1.807, 2.05) is 7.05 Å². The SMILES string of the molecule is CNC/C(=C/c1ccc(F)c(Cl)c1)C1CCCCC1. The average Bonchev–Trinajstić information content (AvgIpc) is 2.43. The molecular weight excluding hydrogens is 261 g/mol. The fraction of sp³-hybridized carbons (Fsp3) is 0.500. The summed E-state index contributed by atoms with van der Waals surface area (Å²) in [5.41, 5.74) is 2.40. The molecule has 1 fully saturated rings. The van der Waals surface area contributed by atoms with Crippen LogP contribution in [0.5, 0.6) is 0 Å². The zero-order valence-electron chi connectivity index (χ0n) is 11.4.